The van der Waals surface area contributed by atoms with Crippen molar-refractivity contribution in [2.45, 2.75) is 26.2 Å². The van der Waals surface area contributed by atoms with E-state index in [0.717, 1.165) is 42.8 Å². The molecule has 1 fully saturated rings. The molecule has 122 valence electrons. The van der Waals surface area contributed by atoms with E-state index >= 15 is 0 Å². The summed E-state index contributed by atoms with van der Waals surface area (Å²) in [6.07, 6.45) is 2.75. The molecule has 23 heavy (non-hydrogen) atoms. The second-order valence-electron chi connectivity index (χ2n) is 6.08. The second-order valence-corrected chi connectivity index (χ2v) is 7.54. The van der Waals surface area contributed by atoms with Crippen molar-refractivity contribution < 1.29 is 9.18 Å². The molecule has 0 aliphatic carbocycles. The molecular formula is C18H19ClFNOS. The predicted octanol–water partition coefficient (Wildman–Crippen LogP) is 5.17. The summed E-state index contributed by atoms with van der Waals surface area (Å²) in [6, 6.07) is 7.97. The first kappa shape index (κ1) is 16.6. The summed E-state index contributed by atoms with van der Waals surface area (Å²) in [5.41, 5.74) is 0.540. The summed E-state index contributed by atoms with van der Waals surface area (Å²) < 4.78 is 13.1. The lowest BCUT2D eigenvalue weighted by molar-refractivity contribution is 0.0806. The highest BCUT2D eigenvalue weighted by molar-refractivity contribution is 7.18. The molecule has 5 heteroatoms. The maximum atomic E-state index is 13.1. The molecule has 1 N–H and O–H groups in total. The highest BCUT2D eigenvalue weighted by Crippen LogP contribution is 2.41. The summed E-state index contributed by atoms with van der Waals surface area (Å²) in [7, 11) is 0. The van der Waals surface area contributed by atoms with Crippen LogP contribution in [0.3, 0.4) is 0 Å². The fourth-order valence-electron chi connectivity index (χ4n) is 3.28. The first-order valence-corrected chi connectivity index (χ1v) is 9.06. The average Bonchev–Trinajstić information content (AvgIpc) is 3.16. The van der Waals surface area contributed by atoms with Gasteiger partial charge in [0.05, 0.1) is 14.8 Å². The summed E-state index contributed by atoms with van der Waals surface area (Å²) in [5, 5.41) is 3.88. The van der Waals surface area contributed by atoms with Gasteiger partial charge in [0, 0.05) is 12.0 Å². The number of hydrogen-bond acceptors (Lipinski definition) is 3. The van der Waals surface area contributed by atoms with Gasteiger partial charge in [0.1, 0.15) is 5.82 Å². The number of rotatable bonds is 5. The summed E-state index contributed by atoms with van der Waals surface area (Å²) in [5.74, 6) is -0.0960. The minimum atomic E-state index is -0.303. The van der Waals surface area contributed by atoms with Gasteiger partial charge in [-0.25, -0.2) is 4.39 Å². The van der Waals surface area contributed by atoms with Crippen molar-refractivity contribution in [1.82, 2.24) is 5.32 Å². The van der Waals surface area contributed by atoms with Crippen LogP contribution in [-0.4, -0.2) is 18.9 Å². The minimum absolute atomic E-state index is 0.185. The van der Waals surface area contributed by atoms with Gasteiger partial charge in [-0.1, -0.05) is 37.1 Å². The summed E-state index contributed by atoms with van der Waals surface area (Å²) >= 11 is 7.75. The smallest absolute Gasteiger partial charge is 0.180 e. The van der Waals surface area contributed by atoms with E-state index in [4.69, 9.17) is 11.6 Å². The summed E-state index contributed by atoms with van der Waals surface area (Å²) in [6.45, 7) is 3.73. The monoisotopic (exact) mass is 351 g/mol. The maximum Gasteiger partial charge on any atom is 0.180 e. The van der Waals surface area contributed by atoms with Crippen molar-refractivity contribution in [3.05, 3.63) is 46.0 Å². The van der Waals surface area contributed by atoms with Crippen molar-refractivity contribution >= 4 is 28.7 Å². The standard InChI is InChI=1S/C18H19ClFNOS/c1-2-7-18(8-9-21-11-18)17(22)15-10-14(19)16(23-15)12-3-5-13(20)6-4-12/h3-6,10,21H,2,7-9,11H2,1H3. The molecular weight excluding hydrogens is 333 g/mol. The molecule has 0 radical (unpaired) electrons. The molecule has 1 atom stereocenters. The SMILES string of the molecule is CCCC1(C(=O)c2cc(Cl)c(-c3ccc(F)cc3)s2)CCNC1. The van der Waals surface area contributed by atoms with Gasteiger partial charge in [0.2, 0.25) is 0 Å². The zero-order chi connectivity index (χ0) is 16.4. The molecule has 2 heterocycles. The Morgan fingerprint density at radius 2 is 2.13 bits per heavy atom. The number of nitrogens with one attached hydrogen (secondary N) is 1. The molecule has 1 aromatic carbocycles. The molecule has 0 amide bonds. The Hall–Kier alpha value is -1.23. The molecule has 1 unspecified atom stereocenters. The maximum absolute atomic E-state index is 13.1. The van der Waals surface area contributed by atoms with Gasteiger partial charge >= 0.3 is 0 Å². The average molecular weight is 352 g/mol. The highest BCUT2D eigenvalue weighted by atomic mass is 35.5. The van der Waals surface area contributed by atoms with Gasteiger partial charge < -0.3 is 5.32 Å². The molecule has 0 spiro atoms. The Balaban J connectivity index is 1.93. The normalized spacial score (nSPS) is 20.8. The number of hydrogen-bond donors (Lipinski definition) is 1. The van der Waals surface area contributed by atoms with E-state index in [1.54, 1.807) is 18.2 Å². The third kappa shape index (κ3) is 3.21. The van der Waals surface area contributed by atoms with Gasteiger partial charge in [0.15, 0.2) is 5.78 Å². The number of ketones is 1. The van der Waals surface area contributed by atoms with Crippen LogP contribution in [0.25, 0.3) is 10.4 Å². The summed E-state index contributed by atoms with van der Waals surface area (Å²) in [4.78, 5) is 14.6. The van der Waals surface area contributed by atoms with Gasteiger partial charge in [0.25, 0.3) is 0 Å². The predicted molar refractivity (Wildman–Crippen MR) is 93.9 cm³/mol. The van der Waals surface area contributed by atoms with Gasteiger partial charge in [-0.2, -0.15) is 0 Å². The Kier molecular flexibility index (Phi) is 4.85. The van der Waals surface area contributed by atoms with Crippen LogP contribution in [0.4, 0.5) is 4.39 Å². The number of benzene rings is 1. The quantitative estimate of drug-likeness (QED) is 0.753. The first-order chi connectivity index (χ1) is 11.1. The van der Waals surface area contributed by atoms with E-state index in [-0.39, 0.29) is 17.0 Å². The molecule has 1 aromatic heterocycles. The lowest BCUT2D eigenvalue weighted by Gasteiger charge is -2.25. The van der Waals surface area contributed by atoms with E-state index in [2.05, 4.69) is 12.2 Å². The van der Waals surface area contributed by atoms with Crippen LogP contribution >= 0.6 is 22.9 Å². The number of carbonyl (C=O) groups is 1. The number of Topliss-reactive ketones (excluding diaryl/α,β-unsaturated/α-hetero) is 1. The van der Waals surface area contributed by atoms with E-state index in [1.165, 1.54) is 23.5 Å². The first-order valence-electron chi connectivity index (χ1n) is 7.86. The van der Waals surface area contributed by atoms with Crippen molar-refractivity contribution in [3.63, 3.8) is 0 Å². The van der Waals surface area contributed by atoms with Crippen LogP contribution < -0.4 is 5.32 Å². The van der Waals surface area contributed by atoms with Crippen LogP contribution in [-0.2, 0) is 0 Å². The zero-order valence-corrected chi connectivity index (χ0v) is 14.6. The van der Waals surface area contributed by atoms with Crippen molar-refractivity contribution in [3.8, 4) is 10.4 Å². The van der Waals surface area contributed by atoms with Crippen LogP contribution in [0.5, 0.6) is 0 Å². The molecule has 1 aliphatic rings. The van der Waals surface area contributed by atoms with Crippen LogP contribution in [0.15, 0.2) is 30.3 Å². The topological polar surface area (TPSA) is 29.1 Å². The number of thiophene rings is 1. The molecule has 3 rings (SSSR count). The van der Waals surface area contributed by atoms with E-state index in [9.17, 15) is 9.18 Å². The molecule has 2 nitrogen and oxygen atoms in total. The zero-order valence-electron chi connectivity index (χ0n) is 13.0. The Bertz CT molecular complexity index is 704. The molecule has 1 saturated heterocycles. The minimum Gasteiger partial charge on any atom is -0.316 e. The molecule has 0 saturated carbocycles. The van der Waals surface area contributed by atoms with Crippen LogP contribution in [0, 0.1) is 11.2 Å². The Morgan fingerprint density at radius 1 is 1.39 bits per heavy atom. The number of carbonyl (C=O) groups excluding carboxylic acids is 1. The fraction of sp³-hybridized carbons (Fsp3) is 0.389. The molecule has 2 aromatic rings. The largest absolute Gasteiger partial charge is 0.316 e. The lowest BCUT2D eigenvalue weighted by atomic mass is 9.78. The van der Waals surface area contributed by atoms with Crippen LogP contribution in [0.2, 0.25) is 5.02 Å². The fourth-order valence-corrected chi connectivity index (χ4v) is 4.80. The van der Waals surface area contributed by atoms with Gasteiger partial charge in [-0.05, 0) is 43.1 Å². The third-order valence-electron chi connectivity index (χ3n) is 4.47. The van der Waals surface area contributed by atoms with E-state index in [0.29, 0.717) is 9.90 Å². The van der Waals surface area contributed by atoms with Gasteiger partial charge in [-0.3, -0.25) is 4.79 Å². The van der Waals surface area contributed by atoms with Gasteiger partial charge in [-0.15, -0.1) is 11.3 Å². The lowest BCUT2D eigenvalue weighted by Crippen LogP contribution is -2.33. The van der Waals surface area contributed by atoms with Crippen molar-refractivity contribution in [2.75, 3.05) is 13.1 Å². The van der Waals surface area contributed by atoms with Crippen LogP contribution in [0.1, 0.15) is 35.9 Å². The number of halogens is 2. The van der Waals surface area contributed by atoms with Crippen molar-refractivity contribution in [1.29, 1.82) is 0 Å². The second kappa shape index (κ2) is 6.71. The van der Waals surface area contributed by atoms with E-state index in [1.807, 2.05) is 0 Å². The van der Waals surface area contributed by atoms with Crippen molar-refractivity contribution in [2.24, 2.45) is 5.41 Å². The molecule has 0 bridgehead atoms. The molecule has 1 aliphatic heterocycles. The highest BCUT2D eigenvalue weighted by Gasteiger charge is 2.41. The third-order valence-corrected chi connectivity index (χ3v) is 6.06. The Morgan fingerprint density at radius 3 is 2.74 bits per heavy atom. The Labute approximate surface area is 144 Å². The van der Waals surface area contributed by atoms with E-state index < -0.39 is 0 Å².